The molecule has 0 unspecified atom stereocenters. The molecule has 0 saturated carbocycles. The van der Waals surface area contributed by atoms with Gasteiger partial charge in [0.2, 0.25) is 0 Å². The zero-order valence-corrected chi connectivity index (χ0v) is 15.3. The first kappa shape index (κ1) is 15.5. The van der Waals surface area contributed by atoms with Crippen LogP contribution in [-0.2, 0) is 12.8 Å². The van der Waals surface area contributed by atoms with Crippen molar-refractivity contribution in [3.63, 3.8) is 0 Å². The van der Waals surface area contributed by atoms with Gasteiger partial charge in [-0.25, -0.2) is 4.98 Å². The maximum atomic E-state index is 4.53. The molecule has 1 fully saturated rings. The Balaban J connectivity index is 1.34. The Morgan fingerprint density at radius 1 is 1.12 bits per heavy atom. The molecule has 3 aromatic rings. The predicted molar refractivity (Wildman–Crippen MR) is 101 cm³/mol. The Labute approximate surface area is 152 Å². The molecule has 0 N–H and O–H groups in total. The van der Waals surface area contributed by atoms with Gasteiger partial charge in [0.1, 0.15) is 5.82 Å². The average molecular weight is 349 g/mol. The van der Waals surface area contributed by atoms with E-state index in [0.29, 0.717) is 6.04 Å². The maximum absolute atomic E-state index is 4.53. The second kappa shape index (κ2) is 5.93. The summed E-state index contributed by atoms with van der Waals surface area (Å²) in [4.78, 5) is 9.15. The van der Waals surface area contributed by atoms with Gasteiger partial charge >= 0.3 is 0 Å². The molecular weight excluding hydrogens is 326 g/mol. The van der Waals surface area contributed by atoms with Crippen LogP contribution in [0.1, 0.15) is 29.8 Å². The first-order valence-corrected chi connectivity index (χ1v) is 9.34. The minimum Gasteiger partial charge on any atom is -0.353 e. The standard InChI is InChI=1S/C19H23N7/c1-13-9-19(26-17(21-13)7-8-20-26)24(2)15-11-25(12-15)18-10-14-5-3-4-6-16(14)22-23-18/h7-10,15H,3-6,11-12H2,1-2H3. The highest BCUT2D eigenvalue weighted by molar-refractivity contribution is 5.54. The summed E-state index contributed by atoms with van der Waals surface area (Å²) in [5.41, 5.74) is 4.49. The Morgan fingerprint density at radius 2 is 1.96 bits per heavy atom. The van der Waals surface area contributed by atoms with Crippen molar-refractivity contribution in [2.45, 2.75) is 38.6 Å². The Bertz CT molecular complexity index is 958. The van der Waals surface area contributed by atoms with E-state index in [1.165, 1.54) is 24.1 Å². The van der Waals surface area contributed by atoms with Gasteiger partial charge in [0.15, 0.2) is 11.5 Å². The van der Waals surface area contributed by atoms with Crippen LogP contribution in [0, 0.1) is 6.92 Å². The normalized spacial score (nSPS) is 17.2. The van der Waals surface area contributed by atoms with E-state index < -0.39 is 0 Å². The molecule has 0 amide bonds. The highest BCUT2D eigenvalue weighted by Crippen LogP contribution is 2.28. The molecule has 4 heterocycles. The van der Waals surface area contributed by atoms with E-state index in [0.717, 1.165) is 48.9 Å². The van der Waals surface area contributed by atoms with Gasteiger partial charge in [0.05, 0.1) is 17.9 Å². The van der Waals surface area contributed by atoms with Crippen LogP contribution in [-0.4, -0.2) is 51.0 Å². The lowest BCUT2D eigenvalue weighted by atomic mass is 9.96. The SMILES string of the molecule is Cc1cc(N(C)C2CN(c3cc4c(nn3)CCCC4)C2)n2nccc2n1. The summed E-state index contributed by atoms with van der Waals surface area (Å²) < 4.78 is 1.91. The van der Waals surface area contributed by atoms with Crippen LogP contribution in [0.25, 0.3) is 5.65 Å². The Hall–Kier alpha value is -2.70. The molecule has 7 heteroatoms. The molecule has 2 aliphatic rings. The maximum Gasteiger partial charge on any atom is 0.157 e. The van der Waals surface area contributed by atoms with Gasteiger partial charge in [0, 0.05) is 38.0 Å². The van der Waals surface area contributed by atoms with Crippen molar-refractivity contribution < 1.29 is 0 Å². The van der Waals surface area contributed by atoms with Gasteiger partial charge in [-0.2, -0.15) is 14.7 Å². The van der Waals surface area contributed by atoms with Crippen molar-refractivity contribution in [2.75, 3.05) is 29.9 Å². The zero-order valence-electron chi connectivity index (χ0n) is 15.3. The minimum atomic E-state index is 0.432. The largest absolute Gasteiger partial charge is 0.353 e. The Morgan fingerprint density at radius 3 is 2.85 bits per heavy atom. The second-order valence-corrected chi connectivity index (χ2v) is 7.41. The fourth-order valence-corrected chi connectivity index (χ4v) is 3.98. The third-order valence-electron chi connectivity index (χ3n) is 5.62. The number of fused-ring (bicyclic) bond motifs is 2. The smallest absolute Gasteiger partial charge is 0.157 e. The van der Waals surface area contributed by atoms with Gasteiger partial charge in [-0.05, 0) is 44.2 Å². The number of likely N-dealkylation sites (N-methyl/N-ethyl adjacent to an activating group) is 1. The molecule has 1 aliphatic heterocycles. The van der Waals surface area contributed by atoms with E-state index in [9.17, 15) is 0 Å². The van der Waals surface area contributed by atoms with E-state index >= 15 is 0 Å². The second-order valence-electron chi connectivity index (χ2n) is 7.41. The number of aryl methyl sites for hydroxylation is 3. The van der Waals surface area contributed by atoms with Crippen molar-refractivity contribution in [1.29, 1.82) is 0 Å². The lowest BCUT2D eigenvalue weighted by Crippen LogP contribution is -2.59. The summed E-state index contributed by atoms with van der Waals surface area (Å²) in [6.07, 6.45) is 6.53. The van der Waals surface area contributed by atoms with Gasteiger partial charge in [-0.15, -0.1) is 5.10 Å². The van der Waals surface area contributed by atoms with Crippen LogP contribution < -0.4 is 9.80 Å². The Kier molecular flexibility index (Phi) is 3.55. The number of nitrogens with zero attached hydrogens (tertiary/aromatic N) is 7. The van der Waals surface area contributed by atoms with Gasteiger partial charge in [0.25, 0.3) is 0 Å². The monoisotopic (exact) mass is 349 g/mol. The molecule has 26 heavy (non-hydrogen) atoms. The predicted octanol–water partition coefficient (Wildman–Crippen LogP) is 2.03. The molecule has 0 aromatic carbocycles. The summed E-state index contributed by atoms with van der Waals surface area (Å²) in [5, 5.41) is 13.4. The van der Waals surface area contributed by atoms with Gasteiger partial charge in [-0.3, -0.25) is 0 Å². The molecule has 0 spiro atoms. The van der Waals surface area contributed by atoms with E-state index in [1.54, 1.807) is 6.20 Å². The summed E-state index contributed by atoms with van der Waals surface area (Å²) >= 11 is 0. The quantitative estimate of drug-likeness (QED) is 0.721. The molecular formula is C19H23N7. The number of aromatic nitrogens is 5. The lowest BCUT2D eigenvalue weighted by Gasteiger charge is -2.45. The highest BCUT2D eigenvalue weighted by Gasteiger charge is 2.33. The zero-order chi connectivity index (χ0) is 17.7. The minimum absolute atomic E-state index is 0.432. The van der Waals surface area contributed by atoms with Gasteiger partial charge in [-0.1, -0.05) is 0 Å². The molecule has 7 nitrogen and oxygen atoms in total. The highest BCUT2D eigenvalue weighted by atomic mass is 15.4. The first-order chi connectivity index (χ1) is 12.7. The van der Waals surface area contributed by atoms with E-state index in [-0.39, 0.29) is 0 Å². The first-order valence-electron chi connectivity index (χ1n) is 9.34. The van der Waals surface area contributed by atoms with Crippen LogP contribution in [0.3, 0.4) is 0 Å². The van der Waals surface area contributed by atoms with Crippen molar-refractivity contribution in [2.24, 2.45) is 0 Å². The van der Waals surface area contributed by atoms with Crippen LogP contribution >= 0.6 is 0 Å². The molecule has 5 rings (SSSR count). The van der Waals surface area contributed by atoms with Crippen molar-refractivity contribution in [3.8, 4) is 0 Å². The van der Waals surface area contributed by atoms with Crippen molar-refractivity contribution in [1.82, 2.24) is 24.8 Å². The molecule has 0 radical (unpaired) electrons. The van der Waals surface area contributed by atoms with Crippen molar-refractivity contribution in [3.05, 3.63) is 41.3 Å². The summed E-state index contributed by atoms with van der Waals surface area (Å²) in [7, 11) is 2.14. The topological polar surface area (TPSA) is 62.5 Å². The van der Waals surface area contributed by atoms with Crippen LogP contribution in [0.5, 0.6) is 0 Å². The molecule has 134 valence electrons. The summed E-state index contributed by atoms with van der Waals surface area (Å²) in [6.45, 7) is 3.93. The third kappa shape index (κ3) is 2.50. The van der Waals surface area contributed by atoms with Crippen LogP contribution in [0.2, 0.25) is 0 Å². The van der Waals surface area contributed by atoms with Crippen LogP contribution in [0.4, 0.5) is 11.6 Å². The number of hydrogen-bond donors (Lipinski definition) is 0. The molecule has 1 aliphatic carbocycles. The van der Waals surface area contributed by atoms with Crippen LogP contribution in [0.15, 0.2) is 24.4 Å². The number of hydrogen-bond acceptors (Lipinski definition) is 6. The van der Waals surface area contributed by atoms with Gasteiger partial charge < -0.3 is 9.80 Å². The molecule has 3 aromatic heterocycles. The fourth-order valence-electron chi connectivity index (χ4n) is 3.98. The van der Waals surface area contributed by atoms with E-state index in [1.807, 2.05) is 17.5 Å². The lowest BCUT2D eigenvalue weighted by molar-refractivity contribution is 0.483. The molecule has 0 bridgehead atoms. The number of anilines is 2. The van der Waals surface area contributed by atoms with E-state index in [2.05, 4.69) is 49.3 Å². The third-order valence-corrected chi connectivity index (χ3v) is 5.62. The molecule has 1 saturated heterocycles. The van der Waals surface area contributed by atoms with Crippen molar-refractivity contribution >= 4 is 17.3 Å². The van der Waals surface area contributed by atoms with E-state index in [4.69, 9.17) is 0 Å². The fraction of sp³-hybridized carbons (Fsp3) is 0.474. The average Bonchev–Trinajstić information content (AvgIpc) is 3.07. The summed E-state index contributed by atoms with van der Waals surface area (Å²) in [5.74, 6) is 2.10. The number of rotatable bonds is 3. The summed E-state index contributed by atoms with van der Waals surface area (Å²) in [6, 6.07) is 6.73. The molecule has 0 atom stereocenters.